The third-order valence-corrected chi connectivity index (χ3v) is 2.56. The van der Waals surface area contributed by atoms with Crippen molar-refractivity contribution in [2.75, 3.05) is 7.11 Å². The Morgan fingerprint density at radius 2 is 2.06 bits per heavy atom. The van der Waals surface area contributed by atoms with E-state index in [1.165, 1.54) is 0 Å². The zero-order chi connectivity index (χ0) is 13.8. The highest BCUT2D eigenvalue weighted by Crippen LogP contribution is 2.23. The predicted molar refractivity (Wildman–Crippen MR) is 73.8 cm³/mol. The molecule has 1 rings (SSSR count). The molecular weight excluding hydrogens is 298 g/mol. The van der Waals surface area contributed by atoms with Crippen LogP contribution in [-0.4, -0.2) is 18.8 Å². The number of hydrogen-bond donors (Lipinski definition) is 1. The Labute approximate surface area is 116 Å². The minimum atomic E-state index is -0.492. The number of alkyl carbamates (subject to hydrolysis) is 1. The van der Waals surface area contributed by atoms with E-state index in [1.54, 1.807) is 7.11 Å². The molecular formula is C13H18BrNO3. The van der Waals surface area contributed by atoms with E-state index in [4.69, 9.17) is 9.47 Å². The largest absolute Gasteiger partial charge is 0.496 e. The third-order valence-electron chi connectivity index (χ3n) is 2.07. The number of ether oxygens (including phenoxy) is 2. The fourth-order valence-corrected chi connectivity index (χ4v) is 1.69. The van der Waals surface area contributed by atoms with Gasteiger partial charge in [-0.25, -0.2) is 4.79 Å². The van der Waals surface area contributed by atoms with Crippen LogP contribution in [0.1, 0.15) is 26.3 Å². The quantitative estimate of drug-likeness (QED) is 0.929. The number of amides is 1. The molecule has 18 heavy (non-hydrogen) atoms. The van der Waals surface area contributed by atoms with Crippen LogP contribution in [0.15, 0.2) is 22.7 Å². The summed E-state index contributed by atoms with van der Waals surface area (Å²) < 4.78 is 11.3. The molecule has 0 spiro atoms. The molecule has 0 atom stereocenters. The van der Waals surface area contributed by atoms with Crippen molar-refractivity contribution < 1.29 is 14.3 Å². The molecule has 0 radical (unpaired) electrons. The minimum absolute atomic E-state index is 0.366. The number of halogens is 1. The average molecular weight is 316 g/mol. The van der Waals surface area contributed by atoms with Gasteiger partial charge in [-0.1, -0.05) is 22.0 Å². The molecule has 0 saturated carbocycles. The monoisotopic (exact) mass is 315 g/mol. The van der Waals surface area contributed by atoms with Crippen LogP contribution in [0, 0.1) is 0 Å². The van der Waals surface area contributed by atoms with Crippen LogP contribution in [0.4, 0.5) is 4.79 Å². The Kier molecular flexibility index (Phi) is 5.02. The van der Waals surface area contributed by atoms with Crippen LogP contribution < -0.4 is 10.1 Å². The average Bonchev–Trinajstić information content (AvgIpc) is 2.24. The van der Waals surface area contributed by atoms with Crippen LogP contribution in [0.5, 0.6) is 5.75 Å². The first kappa shape index (κ1) is 14.8. The highest BCUT2D eigenvalue weighted by molar-refractivity contribution is 9.10. The van der Waals surface area contributed by atoms with Crippen LogP contribution in [0.3, 0.4) is 0 Å². The van der Waals surface area contributed by atoms with E-state index in [0.29, 0.717) is 6.54 Å². The lowest BCUT2D eigenvalue weighted by atomic mass is 10.2. The summed E-state index contributed by atoms with van der Waals surface area (Å²) in [4.78, 5) is 11.5. The molecule has 1 aromatic carbocycles. The van der Waals surface area contributed by atoms with Gasteiger partial charge in [0.2, 0.25) is 0 Å². The van der Waals surface area contributed by atoms with Gasteiger partial charge in [-0.3, -0.25) is 0 Å². The number of benzene rings is 1. The molecule has 0 saturated heterocycles. The van der Waals surface area contributed by atoms with Gasteiger partial charge in [0.15, 0.2) is 0 Å². The second-order valence-corrected chi connectivity index (χ2v) is 5.73. The van der Waals surface area contributed by atoms with Gasteiger partial charge in [0.05, 0.1) is 7.11 Å². The van der Waals surface area contributed by atoms with Gasteiger partial charge in [-0.2, -0.15) is 0 Å². The first-order valence-corrected chi connectivity index (χ1v) is 6.40. The Morgan fingerprint density at radius 3 is 2.61 bits per heavy atom. The molecule has 0 bridgehead atoms. The van der Waals surface area contributed by atoms with Crippen LogP contribution in [0.25, 0.3) is 0 Å². The lowest BCUT2D eigenvalue weighted by Crippen LogP contribution is -2.32. The van der Waals surface area contributed by atoms with Crippen molar-refractivity contribution in [2.24, 2.45) is 0 Å². The summed E-state index contributed by atoms with van der Waals surface area (Å²) in [6, 6.07) is 5.64. The molecule has 0 aromatic heterocycles. The number of carbonyl (C=O) groups excluding carboxylic acids is 1. The Bertz CT molecular complexity index is 427. The zero-order valence-corrected chi connectivity index (χ0v) is 12.6. The van der Waals surface area contributed by atoms with Gasteiger partial charge in [-0.15, -0.1) is 0 Å². The molecule has 1 N–H and O–H groups in total. The van der Waals surface area contributed by atoms with Crippen molar-refractivity contribution in [2.45, 2.75) is 32.9 Å². The summed E-state index contributed by atoms with van der Waals surface area (Å²) in [5, 5.41) is 2.69. The third kappa shape index (κ3) is 4.96. The first-order valence-electron chi connectivity index (χ1n) is 5.61. The van der Waals surface area contributed by atoms with E-state index in [2.05, 4.69) is 21.2 Å². The highest BCUT2D eigenvalue weighted by Gasteiger charge is 2.16. The molecule has 0 aliphatic rings. The molecule has 100 valence electrons. The van der Waals surface area contributed by atoms with Crippen molar-refractivity contribution in [1.82, 2.24) is 5.32 Å². The van der Waals surface area contributed by atoms with E-state index in [-0.39, 0.29) is 0 Å². The molecule has 4 nitrogen and oxygen atoms in total. The Morgan fingerprint density at radius 1 is 1.39 bits per heavy atom. The van der Waals surface area contributed by atoms with Crippen LogP contribution in [0.2, 0.25) is 0 Å². The van der Waals surface area contributed by atoms with Gasteiger partial charge in [0, 0.05) is 16.6 Å². The van der Waals surface area contributed by atoms with Gasteiger partial charge in [0.25, 0.3) is 0 Å². The predicted octanol–water partition coefficient (Wildman–Crippen LogP) is 3.48. The van der Waals surface area contributed by atoms with Gasteiger partial charge in [-0.05, 0) is 32.9 Å². The summed E-state index contributed by atoms with van der Waals surface area (Å²) in [5.74, 6) is 0.723. The number of rotatable bonds is 3. The summed E-state index contributed by atoms with van der Waals surface area (Å²) >= 11 is 3.36. The van der Waals surface area contributed by atoms with E-state index in [1.807, 2.05) is 39.0 Å². The molecule has 0 aliphatic carbocycles. The molecule has 0 fully saturated rings. The number of nitrogens with one attached hydrogen (secondary N) is 1. The summed E-state index contributed by atoms with van der Waals surface area (Å²) in [5.41, 5.74) is 0.403. The summed E-state index contributed by atoms with van der Waals surface area (Å²) in [6.45, 7) is 5.84. The molecule has 0 unspecified atom stereocenters. The smallest absolute Gasteiger partial charge is 0.407 e. The maximum atomic E-state index is 11.5. The molecule has 1 aromatic rings. The second-order valence-electron chi connectivity index (χ2n) is 4.81. The lowest BCUT2D eigenvalue weighted by molar-refractivity contribution is 0.0523. The standard InChI is InChI=1S/C13H18BrNO3/c1-13(2,3)18-12(16)15-8-9-5-6-10(14)7-11(9)17-4/h5-7H,8H2,1-4H3,(H,15,16). The molecule has 1 amide bonds. The normalized spacial score (nSPS) is 10.9. The van der Waals surface area contributed by atoms with Gasteiger partial charge in [0.1, 0.15) is 11.4 Å². The Balaban J connectivity index is 2.61. The van der Waals surface area contributed by atoms with Crippen molar-refractivity contribution in [3.8, 4) is 5.75 Å². The van der Waals surface area contributed by atoms with E-state index >= 15 is 0 Å². The maximum Gasteiger partial charge on any atom is 0.407 e. The lowest BCUT2D eigenvalue weighted by Gasteiger charge is -2.20. The van der Waals surface area contributed by atoms with E-state index in [9.17, 15) is 4.79 Å². The van der Waals surface area contributed by atoms with Crippen molar-refractivity contribution >= 4 is 22.0 Å². The molecule has 5 heteroatoms. The van der Waals surface area contributed by atoms with Crippen molar-refractivity contribution in [3.05, 3.63) is 28.2 Å². The first-order chi connectivity index (χ1) is 8.31. The summed E-state index contributed by atoms with van der Waals surface area (Å²) in [6.07, 6.45) is -0.438. The van der Waals surface area contributed by atoms with Gasteiger partial charge >= 0.3 is 6.09 Å². The van der Waals surface area contributed by atoms with E-state index in [0.717, 1.165) is 15.8 Å². The molecule has 0 aliphatic heterocycles. The zero-order valence-electron chi connectivity index (χ0n) is 11.0. The van der Waals surface area contributed by atoms with E-state index < -0.39 is 11.7 Å². The van der Waals surface area contributed by atoms with Crippen LogP contribution in [-0.2, 0) is 11.3 Å². The Hall–Kier alpha value is -1.23. The number of carbonyl (C=O) groups is 1. The molecule has 0 heterocycles. The fourth-order valence-electron chi connectivity index (χ4n) is 1.35. The topological polar surface area (TPSA) is 47.6 Å². The van der Waals surface area contributed by atoms with Crippen molar-refractivity contribution in [1.29, 1.82) is 0 Å². The van der Waals surface area contributed by atoms with Crippen LogP contribution >= 0.6 is 15.9 Å². The van der Waals surface area contributed by atoms with Crippen molar-refractivity contribution in [3.63, 3.8) is 0 Å². The fraction of sp³-hybridized carbons (Fsp3) is 0.462. The van der Waals surface area contributed by atoms with Gasteiger partial charge < -0.3 is 14.8 Å². The maximum absolute atomic E-state index is 11.5. The SMILES string of the molecule is COc1cc(Br)ccc1CNC(=O)OC(C)(C)C. The number of methoxy groups -OCH3 is 1. The number of hydrogen-bond acceptors (Lipinski definition) is 3. The summed E-state index contributed by atoms with van der Waals surface area (Å²) in [7, 11) is 1.60. The second kappa shape index (κ2) is 6.09. The highest BCUT2D eigenvalue weighted by atomic mass is 79.9. The minimum Gasteiger partial charge on any atom is -0.496 e.